The molecule has 0 rings (SSSR count). The van der Waals surface area contributed by atoms with Crippen molar-refractivity contribution < 1.29 is 31.1 Å². The molecule has 98 valence electrons. The summed E-state index contributed by atoms with van der Waals surface area (Å²) >= 11 is 0. The summed E-state index contributed by atoms with van der Waals surface area (Å²) in [6.45, 7) is 2.98. The van der Waals surface area contributed by atoms with Gasteiger partial charge in [-0.3, -0.25) is 0 Å². The Kier molecular flexibility index (Phi) is 3.97. The molecule has 0 unspecified atom stereocenters. The Balaban J connectivity index is 5.82. The summed E-state index contributed by atoms with van der Waals surface area (Å²) in [5, 5.41) is 0. The molecular formula is C9H14F6O. The standard InChI is InChI=1S/C9H14F6O/c1-5-16-7(6(2,3)4,8(10,11)12)9(13,14)15/h5H2,1-4H3. The van der Waals surface area contributed by atoms with Gasteiger partial charge in [-0.25, -0.2) is 0 Å². The van der Waals surface area contributed by atoms with Crippen LogP contribution in [0.2, 0.25) is 0 Å². The molecule has 1 nitrogen and oxygen atoms in total. The third-order valence-corrected chi connectivity index (χ3v) is 2.22. The molecule has 7 heteroatoms. The highest BCUT2D eigenvalue weighted by Gasteiger charge is 2.77. The van der Waals surface area contributed by atoms with Gasteiger partial charge in [0.15, 0.2) is 0 Å². The highest BCUT2D eigenvalue weighted by Crippen LogP contribution is 2.55. The number of hydrogen-bond acceptors (Lipinski definition) is 1. The van der Waals surface area contributed by atoms with E-state index in [0.717, 1.165) is 27.7 Å². The van der Waals surface area contributed by atoms with E-state index in [-0.39, 0.29) is 0 Å². The Labute approximate surface area is 89.8 Å². The first-order chi connectivity index (χ1) is 6.81. The molecule has 0 N–H and O–H groups in total. The van der Waals surface area contributed by atoms with Gasteiger partial charge in [-0.05, 0) is 6.92 Å². The number of halogens is 6. The zero-order valence-electron chi connectivity index (χ0n) is 9.38. The number of rotatable bonds is 2. The topological polar surface area (TPSA) is 9.23 Å². The maximum atomic E-state index is 12.7. The van der Waals surface area contributed by atoms with Gasteiger partial charge < -0.3 is 4.74 Å². The van der Waals surface area contributed by atoms with Crippen molar-refractivity contribution in [2.45, 2.75) is 45.6 Å². The molecule has 0 radical (unpaired) electrons. The molecule has 0 bridgehead atoms. The predicted molar refractivity (Wildman–Crippen MR) is 45.9 cm³/mol. The van der Waals surface area contributed by atoms with Crippen molar-refractivity contribution in [3.8, 4) is 0 Å². The minimum atomic E-state index is -5.51. The Morgan fingerprint density at radius 3 is 1.19 bits per heavy atom. The van der Waals surface area contributed by atoms with Gasteiger partial charge in [-0.15, -0.1) is 0 Å². The number of hydrogen-bond donors (Lipinski definition) is 0. The summed E-state index contributed by atoms with van der Waals surface area (Å²) in [5.74, 6) is 0. The molecule has 0 saturated heterocycles. The van der Waals surface area contributed by atoms with E-state index in [1.54, 1.807) is 0 Å². The molecule has 0 fully saturated rings. The molecule has 0 aliphatic heterocycles. The van der Waals surface area contributed by atoms with Gasteiger partial charge in [-0.2, -0.15) is 26.3 Å². The quantitative estimate of drug-likeness (QED) is 0.676. The zero-order chi connectivity index (χ0) is 13.4. The molecule has 0 aromatic rings. The molecule has 16 heavy (non-hydrogen) atoms. The van der Waals surface area contributed by atoms with Crippen LogP contribution in [0.3, 0.4) is 0 Å². The SMILES string of the molecule is CCOC(C(C)(C)C)(C(F)(F)F)C(F)(F)F. The first-order valence-electron chi connectivity index (χ1n) is 4.58. The van der Waals surface area contributed by atoms with Crippen molar-refractivity contribution in [1.29, 1.82) is 0 Å². The van der Waals surface area contributed by atoms with Gasteiger partial charge in [0.2, 0.25) is 0 Å². The van der Waals surface area contributed by atoms with Gasteiger partial charge >= 0.3 is 12.4 Å². The number of alkyl halides is 6. The van der Waals surface area contributed by atoms with Crippen molar-refractivity contribution in [3.05, 3.63) is 0 Å². The second-order valence-corrected chi connectivity index (χ2v) is 4.36. The average Bonchev–Trinajstić information content (AvgIpc) is 1.91. The Hall–Kier alpha value is -0.460. The fourth-order valence-electron chi connectivity index (χ4n) is 1.61. The lowest BCUT2D eigenvalue weighted by Gasteiger charge is -2.45. The van der Waals surface area contributed by atoms with Gasteiger partial charge in [-0.1, -0.05) is 20.8 Å². The third kappa shape index (κ3) is 2.28. The van der Waals surface area contributed by atoms with E-state index in [1.165, 1.54) is 0 Å². The lowest BCUT2D eigenvalue weighted by molar-refractivity contribution is -0.409. The Morgan fingerprint density at radius 2 is 1.12 bits per heavy atom. The van der Waals surface area contributed by atoms with Crippen LogP contribution in [0.1, 0.15) is 27.7 Å². The predicted octanol–water partition coefficient (Wildman–Crippen LogP) is 3.93. The van der Waals surface area contributed by atoms with Crippen molar-refractivity contribution in [1.82, 2.24) is 0 Å². The smallest absolute Gasteiger partial charge is 0.358 e. The summed E-state index contributed by atoms with van der Waals surface area (Å²) in [4.78, 5) is 0. The average molecular weight is 252 g/mol. The molecule has 0 saturated carbocycles. The summed E-state index contributed by atoms with van der Waals surface area (Å²) in [7, 11) is 0. The van der Waals surface area contributed by atoms with E-state index in [9.17, 15) is 26.3 Å². The largest absolute Gasteiger partial charge is 0.427 e. The van der Waals surface area contributed by atoms with Crippen molar-refractivity contribution in [2.24, 2.45) is 5.41 Å². The van der Waals surface area contributed by atoms with E-state index in [4.69, 9.17) is 0 Å². The van der Waals surface area contributed by atoms with Gasteiger partial charge in [0.05, 0.1) is 0 Å². The number of ether oxygens (including phenoxy) is 1. The van der Waals surface area contributed by atoms with Crippen LogP contribution in [0.15, 0.2) is 0 Å². The molecule has 0 aliphatic rings. The monoisotopic (exact) mass is 252 g/mol. The van der Waals surface area contributed by atoms with Crippen LogP contribution in [0.5, 0.6) is 0 Å². The molecular weight excluding hydrogens is 238 g/mol. The Bertz CT molecular complexity index is 198. The second kappa shape index (κ2) is 4.09. The molecule has 0 spiro atoms. The zero-order valence-corrected chi connectivity index (χ0v) is 9.38. The van der Waals surface area contributed by atoms with Crippen LogP contribution in [0.25, 0.3) is 0 Å². The molecule has 0 aliphatic carbocycles. The lowest BCUT2D eigenvalue weighted by atomic mass is 9.75. The summed E-state index contributed by atoms with van der Waals surface area (Å²) in [6.07, 6.45) is -11.0. The third-order valence-electron chi connectivity index (χ3n) is 2.22. The molecule has 0 aromatic heterocycles. The first-order valence-corrected chi connectivity index (χ1v) is 4.58. The molecule has 0 atom stereocenters. The van der Waals surface area contributed by atoms with Gasteiger partial charge in [0.1, 0.15) is 0 Å². The van der Waals surface area contributed by atoms with Crippen LogP contribution in [0, 0.1) is 5.41 Å². The highest BCUT2D eigenvalue weighted by molar-refractivity contribution is 5.04. The van der Waals surface area contributed by atoms with Gasteiger partial charge in [0.25, 0.3) is 5.60 Å². The van der Waals surface area contributed by atoms with Crippen LogP contribution in [-0.2, 0) is 4.74 Å². The van der Waals surface area contributed by atoms with Crippen LogP contribution >= 0.6 is 0 Å². The van der Waals surface area contributed by atoms with E-state index in [1.807, 2.05) is 0 Å². The minimum absolute atomic E-state index is 0.670. The highest BCUT2D eigenvalue weighted by atomic mass is 19.4. The molecule has 0 aromatic carbocycles. The molecule has 0 heterocycles. The summed E-state index contributed by atoms with van der Waals surface area (Å²) in [6, 6.07) is 0. The maximum Gasteiger partial charge on any atom is 0.427 e. The normalized spacial score (nSPS) is 15.4. The molecule has 0 amide bonds. The lowest BCUT2D eigenvalue weighted by Crippen LogP contribution is -2.66. The summed E-state index contributed by atoms with van der Waals surface area (Å²) in [5.41, 5.74) is -6.28. The Morgan fingerprint density at radius 1 is 0.812 bits per heavy atom. The second-order valence-electron chi connectivity index (χ2n) is 4.36. The fourth-order valence-corrected chi connectivity index (χ4v) is 1.61. The van der Waals surface area contributed by atoms with Crippen molar-refractivity contribution in [3.63, 3.8) is 0 Å². The van der Waals surface area contributed by atoms with Crippen LogP contribution in [-0.4, -0.2) is 24.6 Å². The van der Waals surface area contributed by atoms with Crippen LogP contribution in [0.4, 0.5) is 26.3 Å². The summed E-state index contributed by atoms with van der Waals surface area (Å²) < 4.78 is 80.3. The van der Waals surface area contributed by atoms with E-state index in [0.29, 0.717) is 0 Å². The fraction of sp³-hybridized carbons (Fsp3) is 1.00. The van der Waals surface area contributed by atoms with E-state index in [2.05, 4.69) is 4.74 Å². The van der Waals surface area contributed by atoms with E-state index >= 15 is 0 Å². The van der Waals surface area contributed by atoms with Crippen molar-refractivity contribution >= 4 is 0 Å². The van der Waals surface area contributed by atoms with E-state index < -0.39 is 30.0 Å². The van der Waals surface area contributed by atoms with Crippen molar-refractivity contribution in [2.75, 3.05) is 6.61 Å². The van der Waals surface area contributed by atoms with Crippen LogP contribution < -0.4 is 0 Å². The maximum absolute atomic E-state index is 12.7. The minimum Gasteiger partial charge on any atom is -0.358 e. The van der Waals surface area contributed by atoms with Gasteiger partial charge in [0, 0.05) is 12.0 Å². The first kappa shape index (κ1) is 15.5.